The van der Waals surface area contributed by atoms with E-state index in [1.165, 1.54) is 4.57 Å². The molecule has 2 aromatic rings. The molecule has 194 valence electrons. The molecule has 0 radical (unpaired) electrons. The lowest BCUT2D eigenvalue weighted by Gasteiger charge is -2.49. The Kier molecular flexibility index (Phi) is 6.06. The highest BCUT2D eigenvalue weighted by molar-refractivity contribution is 6.00. The van der Waals surface area contributed by atoms with Gasteiger partial charge in [0, 0.05) is 46.2 Å². The minimum Gasteiger partial charge on any atom is -0.444 e. The molecule has 0 bridgehead atoms. The number of aromatic nitrogens is 2. The van der Waals surface area contributed by atoms with E-state index in [9.17, 15) is 19.2 Å². The summed E-state index contributed by atoms with van der Waals surface area (Å²) in [6.07, 6.45) is 1.23. The van der Waals surface area contributed by atoms with E-state index >= 15 is 0 Å². The van der Waals surface area contributed by atoms with Gasteiger partial charge in [-0.25, -0.2) is 9.59 Å². The number of carbonyl (C=O) groups excluding carboxylic acids is 3. The van der Waals surface area contributed by atoms with E-state index in [4.69, 9.17) is 4.74 Å². The van der Waals surface area contributed by atoms with Gasteiger partial charge in [-0.2, -0.15) is 0 Å². The molecule has 1 N–H and O–H groups in total. The predicted octanol–water partition coefficient (Wildman–Crippen LogP) is 1.41. The molecule has 3 fully saturated rings. The molecule has 5 rings (SSSR count). The zero-order valence-electron chi connectivity index (χ0n) is 21.3. The number of imidazole rings is 1. The van der Waals surface area contributed by atoms with Crippen LogP contribution in [0, 0.1) is 0 Å². The zero-order chi connectivity index (χ0) is 25.8. The van der Waals surface area contributed by atoms with Crippen LogP contribution in [0.25, 0.3) is 11.0 Å². The molecular weight excluding hydrogens is 464 g/mol. The molecule has 3 amide bonds. The van der Waals surface area contributed by atoms with Crippen LogP contribution in [0.2, 0.25) is 0 Å². The van der Waals surface area contributed by atoms with Crippen molar-refractivity contribution in [1.82, 2.24) is 24.3 Å². The quantitative estimate of drug-likeness (QED) is 0.638. The van der Waals surface area contributed by atoms with Crippen LogP contribution >= 0.6 is 0 Å². The van der Waals surface area contributed by atoms with Crippen molar-refractivity contribution in [2.24, 2.45) is 7.05 Å². The molecular formula is C25H34N6O5. The number of amides is 3. The van der Waals surface area contributed by atoms with Crippen LogP contribution in [0.5, 0.6) is 0 Å². The van der Waals surface area contributed by atoms with Crippen molar-refractivity contribution in [2.75, 3.05) is 37.6 Å². The maximum Gasteiger partial charge on any atom is 0.411 e. The number of aryl methyl sites for hydroxylation is 1. The number of piperazine rings is 1. The predicted molar refractivity (Wildman–Crippen MR) is 134 cm³/mol. The zero-order valence-corrected chi connectivity index (χ0v) is 21.3. The monoisotopic (exact) mass is 498 g/mol. The molecule has 3 aliphatic heterocycles. The highest BCUT2D eigenvalue weighted by Gasteiger charge is 2.40. The number of nitrogens with one attached hydrogen (secondary N) is 1. The highest BCUT2D eigenvalue weighted by atomic mass is 16.6. The van der Waals surface area contributed by atoms with E-state index in [0.717, 1.165) is 43.8 Å². The lowest BCUT2D eigenvalue weighted by molar-refractivity contribution is -0.135. The first-order chi connectivity index (χ1) is 17.0. The topological polar surface area (TPSA) is 109 Å². The van der Waals surface area contributed by atoms with Crippen molar-refractivity contribution in [1.29, 1.82) is 0 Å². The van der Waals surface area contributed by atoms with Crippen LogP contribution in [-0.4, -0.2) is 81.3 Å². The van der Waals surface area contributed by atoms with E-state index in [0.29, 0.717) is 18.5 Å². The van der Waals surface area contributed by atoms with E-state index in [1.807, 2.05) is 39.0 Å². The van der Waals surface area contributed by atoms with Crippen molar-refractivity contribution >= 4 is 34.6 Å². The maximum atomic E-state index is 13.2. The smallest absolute Gasteiger partial charge is 0.411 e. The number of hydrogen-bond acceptors (Lipinski definition) is 7. The molecule has 11 nitrogen and oxygen atoms in total. The van der Waals surface area contributed by atoms with Gasteiger partial charge < -0.3 is 9.64 Å². The Morgan fingerprint density at radius 1 is 1.03 bits per heavy atom. The number of rotatable bonds is 3. The first-order valence-electron chi connectivity index (χ1n) is 12.6. The molecule has 3 saturated heterocycles. The Labute approximate surface area is 209 Å². The molecule has 4 heterocycles. The van der Waals surface area contributed by atoms with Crippen molar-refractivity contribution < 1.29 is 19.1 Å². The first-order valence-corrected chi connectivity index (χ1v) is 12.6. The van der Waals surface area contributed by atoms with Gasteiger partial charge in [-0.1, -0.05) is 6.07 Å². The Balaban J connectivity index is 1.34. The molecule has 0 spiro atoms. The fourth-order valence-electron chi connectivity index (χ4n) is 5.45. The number of imide groups is 1. The normalized spacial score (nSPS) is 23.6. The summed E-state index contributed by atoms with van der Waals surface area (Å²) in [5, 5.41) is 2.36. The summed E-state index contributed by atoms with van der Waals surface area (Å²) in [4.78, 5) is 56.3. The minimum absolute atomic E-state index is 0.0516. The summed E-state index contributed by atoms with van der Waals surface area (Å²) in [5.74, 6) is -0.741. The third-order valence-corrected chi connectivity index (χ3v) is 7.30. The summed E-state index contributed by atoms with van der Waals surface area (Å²) in [5.41, 5.74) is 1.62. The molecule has 0 saturated carbocycles. The van der Waals surface area contributed by atoms with Crippen LogP contribution in [-0.2, 0) is 21.4 Å². The van der Waals surface area contributed by atoms with Gasteiger partial charge in [0.2, 0.25) is 11.8 Å². The number of piperidine rings is 1. The van der Waals surface area contributed by atoms with Gasteiger partial charge >= 0.3 is 11.8 Å². The second-order valence-corrected chi connectivity index (χ2v) is 10.8. The number of nitrogens with zero attached hydrogens (tertiary/aromatic N) is 5. The molecule has 3 aliphatic rings. The standard InChI is InChI=1S/C25H34N6O5/c1-25(2,3)36-24(35)30-11-10-20(30)29-14-12-28(13-15-29)16-6-5-7-17-21(16)27(4)23(34)31(17)18-8-9-19(32)26-22(18)33/h5-7,18,20H,8-15H2,1-4H3,(H,26,32,33). The molecule has 2 atom stereocenters. The van der Waals surface area contributed by atoms with Crippen LogP contribution in [0.1, 0.15) is 46.1 Å². The van der Waals surface area contributed by atoms with E-state index in [1.54, 1.807) is 16.5 Å². The summed E-state index contributed by atoms with van der Waals surface area (Å²) in [6.45, 7) is 9.38. The van der Waals surface area contributed by atoms with Crippen LogP contribution < -0.4 is 15.9 Å². The fourth-order valence-corrected chi connectivity index (χ4v) is 5.45. The maximum absolute atomic E-state index is 13.2. The number of para-hydroxylation sites is 1. The van der Waals surface area contributed by atoms with E-state index in [2.05, 4.69) is 15.1 Å². The summed E-state index contributed by atoms with van der Waals surface area (Å²) in [6, 6.07) is 5.06. The molecule has 1 aromatic heterocycles. The molecule has 2 unspecified atom stereocenters. The Morgan fingerprint density at radius 3 is 2.36 bits per heavy atom. The van der Waals surface area contributed by atoms with E-state index < -0.39 is 17.6 Å². The van der Waals surface area contributed by atoms with Crippen LogP contribution in [0.3, 0.4) is 0 Å². The van der Waals surface area contributed by atoms with Crippen molar-refractivity contribution in [3.8, 4) is 0 Å². The van der Waals surface area contributed by atoms with Gasteiger partial charge in [0.1, 0.15) is 11.6 Å². The summed E-state index contributed by atoms with van der Waals surface area (Å²) >= 11 is 0. The van der Waals surface area contributed by atoms with Gasteiger partial charge in [-0.15, -0.1) is 0 Å². The second-order valence-electron chi connectivity index (χ2n) is 10.8. The number of anilines is 1. The van der Waals surface area contributed by atoms with Gasteiger partial charge in [0.05, 0.1) is 22.9 Å². The Hall–Kier alpha value is -3.34. The third-order valence-electron chi connectivity index (χ3n) is 7.30. The number of fused-ring (bicyclic) bond motifs is 1. The lowest BCUT2D eigenvalue weighted by Crippen LogP contribution is -2.64. The number of likely N-dealkylation sites (tertiary alicyclic amines) is 1. The SMILES string of the molecule is Cn1c(=O)n(C2CCC(=O)NC2=O)c2cccc(N3CCN(C4CCN4C(=O)OC(C)(C)C)CC3)c21. The fraction of sp³-hybridized carbons (Fsp3) is 0.600. The summed E-state index contributed by atoms with van der Waals surface area (Å²) in [7, 11) is 1.72. The summed E-state index contributed by atoms with van der Waals surface area (Å²) < 4.78 is 8.67. The lowest BCUT2D eigenvalue weighted by atomic mass is 10.1. The largest absolute Gasteiger partial charge is 0.444 e. The number of ether oxygens (including phenoxy) is 1. The second kappa shape index (κ2) is 8.95. The van der Waals surface area contributed by atoms with E-state index in [-0.39, 0.29) is 30.3 Å². The average molecular weight is 499 g/mol. The average Bonchev–Trinajstić information content (AvgIpc) is 3.03. The number of benzene rings is 1. The highest BCUT2D eigenvalue weighted by Crippen LogP contribution is 2.31. The number of carbonyl (C=O) groups is 3. The molecule has 0 aliphatic carbocycles. The minimum atomic E-state index is -0.705. The first kappa shape index (κ1) is 24.4. The van der Waals surface area contributed by atoms with Gasteiger partial charge in [-0.3, -0.25) is 33.8 Å². The van der Waals surface area contributed by atoms with Gasteiger partial charge in [0.15, 0.2) is 0 Å². The van der Waals surface area contributed by atoms with Crippen LogP contribution in [0.15, 0.2) is 23.0 Å². The van der Waals surface area contributed by atoms with Crippen molar-refractivity contribution in [3.63, 3.8) is 0 Å². The van der Waals surface area contributed by atoms with Crippen molar-refractivity contribution in [3.05, 3.63) is 28.7 Å². The molecule has 11 heteroatoms. The third kappa shape index (κ3) is 4.25. The molecule has 36 heavy (non-hydrogen) atoms. The van der Waals surface area contributed by atoms with Crippen LogP contribution in [0.4, 0.5) is 10.5 Å². The molecule has 1 aromatic carbocycles. The Bertz CT molecular complexity index is 1270. The Morgan fingerprint density at radius 2 is 1.75 bits per heavy atom. The number of hydrogen-bond donors (Lipinski definition) is 1. The van der Waals surface area contributed by atoms with Gasteiger partial charge in [0.25, 0.3) is 0 Å². The van der Waals surface area contributed by atoms with Gasteiger partial charge in [-0.05, 0) is 45.7 Å². The van der Waals surface area contributed by atoms with Crippen molar-refractivity contribution in [2.45, 2.75) is 57.8 Å².